The van der Waals surface area contributed by atoms with Gasteiger partial charge < -0.3 is 4.74 Å². The Morgan fingerprint density at radius 3 is 3.00 bits per heavy atom. The first-order valence-corrected chi connectivity index (χ1v) is 6.61. The molecule has 2 aromatic rings. The quantitative estimate of drug-likeness (QED) is 0.639. The summed E-state index contributed by atoms with van der Waals surface area (Å²) >= 11 is 7.32. The zero-order chi connectivity index (χ0) is 13.0. The summed E-state index contributed by atoms with van der Waals surface area (Å²) in [5, 5.41) is 2.05. The van der Waals surface area contributed by atoms with E-state index in [9.17, 15) is 4.79 Å². The van der Waals surface area contributed by atoms with Gasteiger partial charge in [0.15, 0.2) is 5.69 Å². The Morgan fingerprint density at radius 2 is 2.33 bits per heavy atom. The fraction of sp³-hybridized carbons (Fsp3) is 0.250. The molecular weight excluding hydrogens is 272 g/mol. The first-order chi connectivity index (χ1) is 8.65. The maximum Gasteiger partial charge on any atom is 0.357 e. The zero-order valence-corrected chi connectivity index (χ0v) is 11.3. The molecule has 0 spiro atoms. The SMILES string of the molecule is Cc1cc(C(=O)OCCc2cccs2)nc(Cl)n1. The minimum Gasteiger partial charge on any atom is -0.461 e. The molecule has 0 unspecified atom stereocenters. The lowest BCUT2D eigenvalue weighted by Crippen LogP contribution is -2.10. The highest BCUT2D eigenvalue weighted by Gasteiger charge is 2.11. The van der Waals surface area contributed by atoms with Crippen molar-refractivity contribution in [3.8, 4) is 0 Å². The Labute approximate surface area is 114 Å². The van der Waals surface area contributed by atoms with E-state index < -0.39 is 5.97 Å². The third-order valence-electron chi connectivity index (χ3n) is 2.20. The van der Waals surface area contributed by atoms with Crippen molar-refractivity contribution in [2.45, 2.75) is 13.3 Å². The van der Waals surface area contributed by atoms with Gasteiger partial charge in [0.1, 0.15) is 0 Å². The van der Waals surface area contributed by atoms with Gasteiger partial charge in [0.25, 0.3) is 0 Å². The normalized spacial score (nSPS) is 10.3. The number of hydrogen-bond acceptors (Lipinski definition) is 5. The summed E-state index contributed by atoms with van der Waals surface area (Å²) < 4.78 is 5.13. The van der Waals surface area contributed by atoms with Crippen molar-refractivity contribution in [1.82, 2.24) is 9.97 Å². The van der Waals surface area contributed by atoms with Crippen LogP contribution in [-0.4, -0.2) is 22.5 Å². The van der Waals surface area contributed by atoms with Crippen LogP contribution < -0.4 is 0 Å². The number of hydrogen-bond donors (Lipinski definition) is 0. The number of nitrogens with zero attached hydrogens (tertiary/aromatic N) is 2. The van der Waals surface area contributed by atoms with Crippen molar-refractivity contribution in [2.24, 2.45) is 0 Å². The second kappa shape index (κ2) is 5.93. The summed E-state index contributed by atoms with van der Waals surface area (Å²) in [4.78, 5) is 20.6. The summed E-state index contributed by atoms with van der Waals surface area (Å²) in [6.45, 7) is 2.08. The number of aromatic nitrogens is 2. The number of aryl methyl sites for hydroxylation is 1. The third-order valence-corrected chi connectivity index (χ3v) is 3.30. The van der Waals surface area contributed by atoms with Crippen molar-refractivity contribution in [2.75, 3.05) is 6.61 Å². The summed E-state index contributed by atoms with van der Waals surface area (Å²) in [6, 6.07) is 5.53. The van der Waals surface area contributed by atoms with Crippen molar-refractivity contribution in [3.05, 3.63) is 45.1 Å². The van der Waals surface area contributed by atoms with E-state index in [1.54, 1.807) is 24.3 Å². The first-order valence-electron chi connectivity index (χ1n) is 5.36. The fourth-order valence-electron chi connectivity index (χ4n) is 1.41. The van der Waals surface area contributed by atoms with Crippen LogP contribution in [0.25, 0.3) is 0 Å². The molecule has 0 aromatic carbocycles. The van der Waals surface area contributed by atoms with Crippen LogP contribution in [0.5, 0.6) is 0 Å². The molecule has 2 heterocycles. The van der Waals surface area contributed by atoms with Crippen molar-refractivity contribution < 1.29 is 9.53 Å². The minimum atomic E-state index is -0.473. The predicted octanol–water partition coefficient (Wildman–Crippen LogP) is 2.90. The van der Waals surface area contributed by atoms with Gasteiger partial charge in [-0.2, -0.15) is 0 Å². The molecule has 0 saturated heterocycles. The van der Waals surface area contributed by atoms with Crippen LogP contribution in [0.15, 0.2) is 23.6 Å². The maximum absolute atomic E-state index is 11.7. The van der Waals surface area contributed by atoms with Crippen molar-refractivity contribution >= 4 is 28.9 Å². The number of thiophene rings is 1. The number of carbonyl (C=O) groups excluding carboxylic acids is 1. The average Bonchev–Trinajstić information content (AvgIpc) is 2.80. The molecule has 0 fully saturated rings. The summed E-state index contributed by atoms with van der Waals surface area (Å²) in [6.07, 6.45) is 0.710. The molecular formula is C12H11ClN2O2S. The van der Waals surface area contributed by atoms with Crippen molar-refractivity contribution in [1.29, 1.82) is 0 Å². The van der Waals surface area contributed by atoms with Gasteiger partial charge in [-0.05, 0) is 36.0 Å². The van der Waals surface area contributed by atoms with Crippen molar-refractivity contribution in [3.63, 3.8) is 0 Å². The molecule has 6 heteroatoms. The average molecular weight is 283 g/mol. The van der Waals surface area contributed by atoms with E-state index in [2.05, 4.69) is 9.97 Å². The van der Waals surface area contributed by atoms with Gasteiger partial charge in [-0.3, -0.25) is 0 Å². The summed E-state index contributed by atoms with van der Waals surface area (Å²) in [7, 11) is 0. The predicted molar refractivity (Wildman–Crippen MR) is 70.1 cm³/mol. The lowest BCUT2D eigenvalue weighted by Gasteiger charge is -2.04. The van der Waals surface area contributed by atoms with Crippen LogP contribution in [0.2, 0.25) is 5.28 Å². The Morgan fingerprint density at radius 1 is 1.50 bits per heavy atom. The van der Waals surface area contributed by atoms with E-state index in [-0.39, 0.29) is 11.0 Å². The second-order valence-corrected chi connectivity index (χ2v) is 5.00. The van der Waals surface area contributed by atoms with Gasteiger partial charge in [-0.25, -0.2) is 14.8 Å². The molecule has 18 heavy (non-hydrogen) atoms. The summed E-state index contributed by atoms with van der Waals surface area (Å²) in [5.74, 6) is -0.473. The number of halogens is 1. The molecule has 4 nitrogen and oxygen atoms in total. The smallest absolute Gasteiger partial charge is 0.357 e. The molecule has 0 atom stereocenters. The van der Waals surface area contributed by atoms with Gasteiger partial charge in [-0.1, -0.05) is 6.07 Å². The Balaban J connectivity index is 1.91. The third kappa shape index (κ3) is 3.51. The topological polar surface area (TPSA) is 52.1 Å². The lowest BCUT2D eigenvalue weighted by atomic mass is 10.3. The largest absolute Gasteiger partial charge is 0.461 e. The van der Waals surface area contributed by atoms with Gasteiger partial charge in [0, 0.05) is 17.0 Å². The molecule has 0 bridgehead atoms. The number of esters is 1. The first kappa shape index (κ1) is 13.0. The number of rotatable bonds is 4. The lowest BCUT2D eigenvalue weighted by molar-refractivity contribution is 0.0502. The second-order valence-electron chi connectivity index (χ2n) is 3.63. The Hall–Kier alpha value is -1.46. The Bertz CT molecular complexity index is 523. The highest BCUT2D eigenvalue weighted by molar-refractivity contribution is 7.09. The molecule has 0 radical (unpaired) electrons. The Kier molecular flexibility index (Phi) is 4.28. The minimum absolute atomic E-state index is 0.0557. The van der Waals surface area contributed by atoms with Crippen LogP contribution in [0.1, 0.15) is 21.1 Å². The molecule has 2 aromatic heterocycles. The van der Waals surface area contributed by atoms with Gasteiger partial charge in [-0.15, -0.1) is 11.3 Å². The van der Waals surface area contributed by atoms with E-state index in [0.29, 0.717) is 18.7 Å². The molecule has 2 rings (SSSR count). The molecule has 0 amide bonds. The molecule has 0 N–H and O–H groups in total. The molecule has 0 aliphatic carbocycles. The monoisotopic (exact) mass is 282 g/mol. The van der Waals surface area contributed by atoms with E-state index in [1.807, 2.05) is 17.5 Å². The molecule has 0 aliphatic heterocycles. The van der Waals surface area contributed by atoms with Crippen LogP contribution in [0.4, 0.5) is 0 Å². The van der Waals surface area contributed by atoms with Gasteiger partial charge in [0.05, 0.1) is 6.61 Å². The summed E-state index contributed by atoms with van der Waals surface area (Å²) in [5.41, 5.74) is 0.832. The molecule has 0 saturated carbocycles. The van der Waals surface area contributed by atoms with Crippen LogP contribution in [0, 0.1) is 6.92 Å². The standard InChI is InChI=1S/C12H11ClN2O2S/c1-8-7-10(15-12(13)14-8)11(16)17-5-4-9-3-2-6-18-9/h2-3,6-7H,4-5H2,1H3. The van der Waals surface area contributed by atoms with E-state index in [1.165, 1.54) is 4.88 Å². The maximum atomic E-state index is 11.7. The van der Waals surface area contributed by atoms with E-state index >= 15 is 0 Å². The van der Waals surface area contributed by atoms with E-state index in [0.717, 1.165) is 0 Å². The highest BCUT2D eigenvalue weighted by atomic mass is 35.5. The van der Waals surface area contributed by atoms with Gasteiger partial charge >= 0.3 is 5.97 Å². The van der Waals surface area contributed by atoms with E-state index in [4.69, 9.17) is 16.3 Å². The van der Waals surface area contributed by atoms with Crippen LogP contribution in [0.3, 0.4) is 0 Å². The van der Waals surface area contributed by atoms with Crippen LogP contribution >= 0.6 is 22.9 Å². The number of ether oxygens (including phenoxy) is 1. The number of carbonyl (C=O) groups is 1. The fourth-order valence-corrected chi connectivity index (χ4v) is 2.32. The zero-order valence-electron chi connectivity index (χ0n) is 9.72. The molecule has 0 aliphatic rings. The van der Waals surface area contributed by atoms with Crippen LogP contribution in [-0.2, 0) is 11.2 Å². The molecule has 94 valence electrons. The van der Waals surface area contributed by atoms with Gasteiger partial charge in [0.2, 0.25) is 5.28 Å². The highest BCUT2D eigenvalue weighted by Crippen LogP contribution is 2.10.